The summed E-state index contributed by atoms with van der Waals surface area (Å²) in [5.41, 5.74) is -2.45. The van der Waals surface area contributed by atoms with Gasteiger partial charge < -0.3 is 15.2 Å². The van der Waals surface area contributed by atoms with Gasteiger partial charge in [0.05, 0.1) is 0 Å². The summed E-state index contributed by atoms with van der Waals surface area (Å²) in [5, 5.41) is 3.23. The lowest BCUT2D eigenvalue weighted by atomic mass is 10.1. The number of nitrogens with one attached hydrogen (secondary N) is 2. The Morgan fingerprint density at radius 1 is 1.24 bits per heavy atom. The van der Waals surface area contributed by atoms with E-state index in [1.807, 2.05) is 13.8 Å². The molecule has 0 saturated carbocycles. The Kier molecular flexibility index (Phi) is 4.08. The van der Waals surface area contributed by atoms with Crippen molar-refractivity contribution in [3.8, 4) is 0 Å². The van der Waals surface area contributed by atoms with Crippen molar-refractivity contribution in [3.05, 3.63) is 33.7 Å². The van der Waals surface area contributed by atoms with Gasteiger partial charge in [-0.25, -0.2) is 0 Å². The molecule has 2 unspecified atom stereocenters. The number of hydrogen-bond donors (Lipinski definition) is 2. The zero-order chi connectivity index (χ0) is 15.8. The number of piperazine rings is 1. The number of pyridine rings is 1. The first-order valence-corrected chi connectivity index (χ1v) is 6.54. The fourth-order valence-electron chi connectivity index (χ4n) is 2.47. The average molecular weight is 303 g/mol. The van der Waals surface area contributed by atoms with E-state index in [1.165, 1.54) is 4.90 Å². The highest BCUT2D eigenvalue weighted by Crippen LogP contribution is 2.26. The maximum atomic E-state index is 12.5. The Hall–Kier alpha value is -1.83. The van der Waals surface area contributed by atoms with Crippen LogP contribution in [0.2, 0.25) is 0 Å². The molecule has 2 heterocycles. The van der Waals surface area contributed by atoms with E-state index in [-0.39, 0.29) is 17.6 Å². The second kappa shape index (κ2) is 5.51. The highest BCUT2D eigenvalue weighted by atomic mass is 19.4. The fourth-order valence-corrected chi connectivity index (χ4v) is 2.47. The molecule has 2 rings (SSSR count). The number of halogens is 3. The third-order valence-corrected chi connectivity index (χ3v) is 3.29. The van der Waals surface area contributed by atoms with Crippen LogP contribution < -0.4 is 10.9 Å². The number of nitrogens with zero attached hydrogens (tertiary/aromatic N) is 1. The Morgan fingerprint density at radius 2 is 1.81 bits per heavy atom. The molecule has 2 N–H and O–H groups in total. The summed E-state index contributed by atoms with van der Waals surface area (Å²) in [7, 11) is 0. The number of hydrogen-bond acceptors (Lipinski definition) is 3. The minimum absolute atomic E-state index is 0.0613. The summed E-state index contributed by atoms with van der Waals surface area (Å²) in [5.74, 6) is -0.551. The fraction of sp³-hybridized carbons (Fsp3) is 0.538. The SMILES string of the molecule is CC1CN(C(=O)c2ccc(C(F)(F)F)[nH]c2=O)CC(C)N1. The van der Waals surface area contributed by atoms with Crippen LogP contribution in [0, 0.1) is 0 Å². The van der Waals surface area contributed by atoms with Crippen LogP contribution in [0.5, 0.6) is 0 Å². The normalized spacial score (nSPS) is 23.2. The van der Waals surface area contributed by atoms with Crippen LogP contribution in [0.1, 0.15) is 29.9 Å². The van der Waals surface area contributed by atoms with Crippen molar-refractivity contribution in [2.45, 2.75) is 32.1 Å². The van der Waals surface area contributed by atoms with Crippen molar-refractivity contribution in [1.29, 1.82) is 0 Å². The molecule has 21 heavy (non-hydrogen) atoms. The highest BCUT2D eigenvalue weighted by Gasteiger charge is 2.33. The minimum Gasteiger partial charge on any atom is -0.335 e. The molecule has 1 saturated heterocycles. The lowest BCUT2D eigenvalue weighted by Gasteiger charge is -2.36. The number of rotatable bonds is 1. The second-order valence-electron chi connectivity index (χ2n) is 5.29. The Morgan fingerprint density at radius 3 is 2.29 bits per heavy atom. The number of aromatic amines is 1. The van der Waals surface area contributed by atoms with E-state index in [2.05, 4.69) is 5.32 Å². The zero-order valence-corrected chi connectivity index (χ0v) is 11.6. The molecule has 1 fully saturated rings. The standard InChI is InChI=1S/C13H16F3N3O2/c1-7-5-19(6-8(2)17-7)12(21)9-3-4-10(13(14,15)16)18-11(9)20/h3-4,7-8,17H,5-6H2,1-2H3,(H,18,20). The Balaban J connectivity index is 2.26. The maximum Gasteiger partial charge on any atom is 0.431 e. The van der Waals surface area contributed by atoms with Gasteiger partial charge in [-0.2, -0.15) is 13.2 Å². The largest absolute Gasteiger partial charge is 0.431 e. The molecule has 1 amide bonds. The predicted molar refractivity (Wildman–Crippen MR) is 70.0 cm³/mol. The molecule has 0 radical (unpaired) electrons. The van der Waals surface area contributed by atoms with Gasteiger partial charge in [-0.3, -0.25) is 9.59 Å². The lowest BCUT2D eigenvalue weighted by Crippen LogP contribution is -2.56. The van der Waals surface area contributed by atoms with E-state index in [1.54, 1.807) is 4.98 Å². The monoisotopic (exact) mass is 303 g/mol. The summed E-state index contributed by atoms with van der Waals surface area (Å²) < 4.78 is 37.5. The quantitative estimate of drug-likeness (QED) is 0.820. The molecule has 2 atom stereocenters. The van der Waals surface area contributed by atoms with Gasteiger partial charge in [0.15, 0.2) is 0 Å². The number of H-pyrrole nitrogens is 1. The smallest absolute Gasteiger partial charge is 0.335 e. The van der Waals surface area contributed by atoms with Gasteiger partial charge in [0.2, 0.25) is 0 Å². The lowest BCUT2D eigenvalue weighted by molar-refractivity contribution is -0.141. The van der Waals surface area contributed by atoms with E-state index in [9.17, 15) is 22.8 Å². The minimum atomic E-state index is -4.64. The first-order chi connectivity index (χ1) is 9.68. The highest BCUT2D eigenvalue weighted by molar-refractivity contribution is 5.94. The van der Waals surface area contributed by atoms with E-state index >= 15 is 0 Å². The van der Waals surface area contributed by atoms with Gasteiger partial charge >= 0.3 is 6.18 Å². The summed E-state index contributed by atoms with van der Waals surface area (Å²) in [4.78, 5) is 27.2. The summed E-state index contributed by atoms with van der Waals surface area (Å²) in [6.45, 7) is 4.60. The molecule has 1 aliphatic rings. The molecular weight excluding hydrogens is 287 g/mol. The van der Waals surface area contributed by atoms with Gasteiger partial charge in [-0.05, 0) is 26.0 Å². The number of aromatic nitrogens is 1. The van der Waals surface area contributed by atoms with Gasteiger partial charge in [-0.1, -0.05) is 0 Å². The number of carbonyl (C=O) groups excluding carboxylic acids is 1. The molecule has 8 heteroatoms. The number of amides is 1. The first-order valence-electron chi connectivity index (χ1n) is 6.54. The van der Waals surface area contributed by atoms with Crippen LogP contribution >= 0.6 is 0 Å². The summed E-state index contributed by atoms with van der Waals surface area (Å²) >= 11 is 0. The van der Waals surface area contributed by atoms with Crippen LogP contribution in [0.15, 0.2) is 16.9 Å². The van der Waals surface area contributed by atoms with Crippen molar-refractivity contribution in [1.82, 2.24) is 15.2 Å². The van der Waals surface area contributed by atoms with Gasteiger partial charge in [0.1, 0.15) is 11.3 Å². The predicted octanol–water partition coefficient (Wildman–Crippen LogP) is 1.22. The molecule has 116 valence electrons. The van der Waals surface area contributed by atoms with Crippen molar-refractivity contribution >= 4 is 5.91 Å². The van der Waals surface area contributed by atoms with Gasteiger partial charge in [0.25, 0.3) is 11.5 Å². The summed E-state index contributed by atoms with van der Waals surface area (Å²) in [6, 6.07) is 1.77. The van der Waals surface area contributed by atoms with Gasteiger partial charge in [0, 0.05) is 25.2 Å². The van der Waals surface area contributed by atoms with Crippen LogP contribution in [0.4, 0.5) is 13.2 Å². The zero-order valence-electron chi connectivity index (χ0n) is 11.6. The maximum absolute atomic E-state index is 12.5. The topological polar surface area (TPSA) is 65.2 Å². The number of alkyl halides is 3. The van der Waals surface area contributed by atoms with E-state index in [4.69, 9.17) is 0 Å². The van der Waals surface area contributed by atoms with Crippen LogP contribution in [-0.4, -0.2) is 41.0 Å². The second-order valence-corrected chi connectivity index (χ2v) is 5.29. The van der Waals surface area contributed by atoms with E-state index in [0.717, 1.165) is 6.07 Å². The van der Waals surface area contributed by atoms with E-state index < -0.39 is 23.3 Å². The molecular formula is C13H16F3N3O2. The van der Waals surface area contributed by atoms with Crippen molar-refractivity contribution in [2.24, 2.45) is 0 Å². The first kappa shape index (κ1) is 15.6. The number of carbonyl (C=O) groups is 1. The average Bonchev–Trinajstić information content (AvgIpc) is 2.35. The third kappa shape index (κ3) is 3.44. The van der Waals surface area contributed by atoms with Crippen molar-refractivity contribution < 1.29 is 18.0 Å². The molecule has 1 aromatic rings. The van der Waals surface area contributed by atoms with Crippen molar-refractivity contribution in [3.63, 3.8) is 0 Å². The molecule has 0 aromatic carbocycles. The van der Waals surface area contributed by atoms with Crippen LogP contribution in [0.3, 0.4) is 0 Å². The molecule has 1 aromatic heterocycles. The summed E-state index contributed by atoms with van der Waals surface area (Å²) in [6.07, 6.45) is -4.64. The van der Waals surface area contributed by atoms with Crippen LogP contribution in [0.25, 0.3) is 0 Å². The third-order valence-electron chi connectivity index (χ3n) is 3.29. The molecule has 5 nitrogen and oxygen atoms in total. The van der Waals surface area contributed by atoms with E-state index in [0.29, 0.717) is 19.2 Å². The van der Waals surface area contributed by atoms with Gasteiger partial charge in [-0.15, -0.1) is 0 Å². The van der Waals surface area contributed by atoms with Crippen molar-refractivity contribution in [2.75, 3.05) is 13.1 Å². The molecule has 0 bridgehead atoms. The molecule has 0 spiro atoms. The molecule has 1 aliphatic heterocycles. The van der Waals surface area contributed by atoms with Crippen LogP contribution in [-0.2, 0) is 6.18 Å². The molecule has 0 aliphatic carbocycles. The Labute approximate surface area is 119 Å². The Bertz CT molecular complexity index is 587.